The van der Waals surface area contributed by atoms with E-state index in [0.29, 0.717) is 15.9 Å². The minimum Gasteiger partial charge on any atom is -0.497 e. The van der Waals surface area contributed by atoms with Crippen molar-refractivity contribution in [3.8, 4) is 5.75 Å². The van der Waals surface area contributed by atoms with E-state index in [4.69, 9.17) is 16.3 Å². The topological polar surface area (TPSA) is 34.1 Å². The summed E-state index contributed by atoms with van der Waals surface area (Å²) in [7, 11) is 1.49. The van der Waals surface area contributed by atoms with Crippen molar-refractivity contribution in [3.63, 3.8) is 0 Å². The quantitative estimate of drug-likeness (QED) is 0.736. The summed E-state index contributed by atoms with van der Waals surface area (Å²) >= 11 is 8.93. The lowest BCUT2D eigenvalue weighted by Gasteiger charge is -2.12. The zero-order valence-electron chi connectivity index (χ0n) is 10.6. The molecule has 1 heterocycles. The number of nitrogens with one attached hydrogen (secondary N) is 1. The van der Waals surface area contributed by atoms with Crippen molar-refractivity contribution in [2.75, 3.05) is 12.4 Å². The number of pyridine rings is 1. The van der Waals surface area contributed by atoms with Gasteiger partial charge in [-0.25, -0.2) is 4.98 Å². The smallest absolute Gasteiger partial charge is 0.416 e. The van der Waals surface area contributed by atoms with Crippen LogP contribution in [-0.4, -0.2) is 12.1 Å². The number of hydrogen-bond acceptors (Lipinski definition) is 3. The average Bonchev–Trinajstić information content (AvgIpc) is 2.39. The van der Waals surface area contributed by atoms with Crippen LogP contribution in [0.15, 0.2) is 34.8 Å². The highest BCUT2D eigenvalue weighted by molar-refractivity contribution is 9.10. The summed E-state index contributed by atoms with van der Waals surface area (Å²) < 4.78 is 43.9. The molecule has 2 rings (SSSR count). The summed E-state index contributed by atoms with van der Waals surface area (Å²) in [6.45, 7) is 0. The van der Waals surface area contributed by atoms with Gasteiger partial charge in [-0.2, -0.15) is 13.2 Å². The van der Waals surface area contributed by atoms with E-state index >= 15 is 0 Å². The molecule has 0 saturated carbocycles. The van der Waals surface area contributed by atoms with Crippen LogP contribution in [0.4, 0.5) is 24.7 Å². The van der Waals surface area contributed by atoms with Gasteiger partial charge >= 0.3 is 6.18 Å². The Hall–Kier alpha value is -1.47. The summed E-state index contributed by atoms with van der Waals surface area (Å²) in [5.74, 6) is 0.544. The average molecular weight is 382 g/mol. The Kier molecular flexibility index (Phi) is 4.63. The van der Waals surface area contributed by atoms with Gasteiger partial charge in [0.2, 0.25) is 0 Å². The van der Waals surface area contributed by atoms with Gasteiger partial charge in [-0.3, -0.25) is 0 Å². The second kappa shape index (κ2) is 6.11. The van der Waals surface area contributed by atoms with Crippen molar-refractivity contribution in [3.05, 3.63) is 45.5 Å². The zero-order chi connectivity index (χ0) is 15.6. The van der Waals surface area contributed by atoms with E-state index in [1.165, 1.54) is 7.11 Å². The highest BCUT2D eigenvalue weighted by atomic mass is 79.9. The third-order valence-electron chi connectivity index (χ3n) is 2.56. The van der Waals surface area contributed by atoms with E-state index in [1.807, 2.05) is 0 Å². The summed E-state index contributed by atoms with van der Waals surface area (Å²) in [5, 5.41) is 2.53. The fraction of sp³-hybridized carbons (Fsp3) is 0.154. The number of alkyl halides is 3. The summed E-state index contributed by atoms with van der Waals surface area (Å²) in [6.07, 6.45) is -4.49. The predicted molar refractivity (Wildman–Crippen MR) is 78.2 cm³/mol. The SMILES string of the molecule is COc1ccc(Br)c(Nc2cc(C(F)(F)F)cc(Cl)n2)c1. The third-order valence-corrected chi connectivity index (χ3v) is 3.44. The number of rotatable bonds is 3. The first-order valence-corrected chi connectivity index (χ1v) is 6.82. The molecule has 1 N–H and O–H groups in total. The number of ether oxygens (including phenoxy) is 1. The lowest BCUT2D eigenvalue weighted by atomic mass is 10.2. The van der Waals surface area contributed by atoms with Gasteiger partial charge in [0.1, 0.15) is 16.7 Å². The standard InChI is InChI=1S/C13H9BrClF3N2O/c1-21-8-2-3-9(14)10(6-8)19-12-5-7(13(16,17)18)4-11(15)20-12/h2-6H,1H3,(H,19,20). The van der Waals surface area contributed by atoms with Crippen molar-refractivity contribution in [2.45, 2.75) is 6.18 Å². The van der Waals surface area contributed by atoms with Crippen LogP contribution in [0.5, 0.6) is 5.75 Å². The highest BCUT2D eigenvalue weighted by Gasteiger charge is 2.31. The van der Waals surface area contributed by atoms with Crippen molar-refractivity contribution in [1.82, 2.24) is 4.98 Å². The predicted octanol–water partition coefficient (Wildman–Crippen LogP) is 5.27. The minimum absolute atomic E-state index is 0.0104. The largest absolute Gasteiger partial charge is 0.497 e. The molecule has 3 nitrogen and oxygen atoms in total. The molecule has 0 unspecified atom stereocenters. The highest BCUT2D eigenvalue weighted by Crippen LogP contribution is 2.34. The maximum atomic E-state index is 12.7. The lowest BCUT2D eigenvalue weighted by molar-refractivity contribution is -0.137. The molecule has 1 aromatic carbocycles. The maximum absolute atomic E-state index is 12.7. The van der Waals surface area contributed by atoms with Crippen molar-refractivity contribution in [1.29, 1.82) is 0 Å². The monoisotopic (exact) mass is 380 g/mol. The Labute approximate surface area is 132 Å². The molecule has 0 aliphatic rings. The Morgan fingerprint density at radius 1 is 1.24 bits per heavy atom. The molecule has 0 saturated heterocycles. The molecule has 0 atom stereocenters. The second-order valence-electron chi connectivity index (χ2n) is 4.03. The number of anilines is 2. The number of hydrogen-bond donors (Lipinski definition) is 1. The summed E-state index contributed by atoms with van der Waals surface area (Å²) in [5.41, 5.74) is -0.360. The molecule has 0 spiro atoms. The van der Waals surface area contributed by atoms with Gasteiger partial charge in [0, 0.05) is 10.5 Å². The molecule has 8 heteroatoms. The molecule has 0 aliphatic heterocycles. The van der Waals surface area contributed by atoms with E-state index in [1.54, 1.807) is 18.2 Å². The first kappa shape index (κ1) is 15.9. The first-order chi connectivity index (χ1) is 9.79. The minimum atomic E-state index is -4.49. The lowest BCUT2D eigenvalue weighted by Crippen LogP contribution is -2.07. The van der Waals surface area contributed by atoms with Crippen molar-refractivity contribution >= 4 is 39.0 Å². The van der Waals surface area contributed by atoms with Crippen LogP contribution >= 0.6 is 27.5 Å². The molecule has 0 bridgehead atoms. The van der Waals surface area contributed by atoms with Gasteiger partial charge in [0.25, 0.3) is 0 Å². The molecular formula is C13H9BrClF3N2O. The van der Waals surface area contributed by atoms with Gasteiger partial charge in [0.15, 0.2) is 0 Å². The van der Waals surface area contributed by atoms with Crippen LogP contribution < -0.4 is 10.1 Å². The van der Waals surface area contributed by atoms with Crippen molar-refractivity contribution < 1.29 is 17.9 Å². The van der Waals surface area contributed by atoms with Gasteiger partial charge in [-0.05, 0) is 40.2 Å². The number of halogens is 5. The Bertz CT molecular complexity index is 664. The van der Waals surface area contributed by atoms with E-state index < -0.39 is 11.7 Å². The van der Waals surface area contributed by atoms with Crippen LogP contribution in [0.2, 0.25) is 5.15 Å². The Balaban J connectivity index is 2.38. The molecule has 0 radical (unpaired) electrons. The Morgan fingerprint density at radius 3 is 2.57 bits per heavy atom. The maximum Gasteiger partial charge on any atom is 0.416 e. The van der Waals surface area contributed by atoms with E-state index in [9.17, 15) is 13.2 Å². The molecule has 0 fully saturated rings. The van der Waals surface area contributed by atoms with Gasteiger partial charge < -0.3 is 10.1 Å². The molecule has 1 aromatic heterocycles. The number of methoxy groups -OCH3 is 1. The number of nitrogens with zero attached hydrogens (tertiary/aromatic N) is 1. The van der Waals surface area contributed by atoms with Crippen LogP contribution in [0.3, 0.4) is 0 Å². The third kappa shape index (κ3) is 4.01. The van der Waals surface area contributed by atoms with E-state index in [-0.39, 0.29) is 11.0 Å². The second-order valence-corrected chi connectivity index (χ2v) is 5.27. The molecule has 112 valence electrons. The van der Waals surface area contributed by atoms with Crippen LogP contribution in [0.1, 0.15) is 5.56 Å². The van der Waals surface area contributed by atoms with Gasteiger partial charge in [0.05, 0.1) is 18.4 Å². The summed E-state index contributed by atoms with van der Waals surface area (Å²) in [6, 6.07) is 6.70. The van der Waals surface area contributed by atoms with Gasteiger partial charge in [-0.1, -0.05) is 11.6 Å². The first-order valence-electron chi connectivity index (χ1n) is 5.65. The fourth-order valence-corrected chi connectivity index (χ4v) is 2.14. The van der Waals surface area contributed by atoms with Crippen LogP contribution in [0.25, 0.3) is 0 Å². The van der Waals surface area contributed by atoms with E-state index in [0.717, 1.165) is 12.1 Å². The van der Waals surface area contributed by atoms with Crippen molar-refractivity contribution in [2.24, 2.45) is 0 Å². The van der Waals surface area contributed by atoms with Crippen LogP contribution in [0, 0.1) is 0 Å². The number of aromatic nitrogens is 1. The van der Waals surface area contributed by atoms with Crippen LogP contribution in [-0.2, 0) is 6.18 Å². The molecule has 2 aromatic rings. The molecular weight excluding hydrogens is 373 g/mol. The molecule has 0 aliphatic carbocycles. The van der Waals surface area contributed by atoms with Gasteiger partial charge in [-0.15, -0.1) is 0 Å². The normalized spacial score (nSPS) is 11.3. The zero-order valence-corrected chi connectivity index (χ0v) is 13.0. The molecule has 21 heavy (non-hydrogen) atoms. The van der Waals surface area contributed by atoms with E-state index in [2.05, 4.69) is 26.2 Å². The fourth-order valence-electron chi connectivity index (χ4n) is 1.59. The summed E-state index contributed by atoms with van der Waals surface area (Å²) in [4.78, 5) is 3.83. The molecule has 0 amide bonds. The number of benzene rings is 1. The Morgan fingerprint density at radius 2 is 1.95 bits per heavy atom.